The highest BCUT2D eigenvalue weighted by molar-refractivity contribution is 9.10. The molecule has 0 amide bonds. The van der Waals surface area contributed by atoms with Crippen molar-refractivity contribution in [1.29, 1.82) is 0 Å². The lowest BCUT2D eigenvalue weighted by molar-refractivity contribution is 0.0678. The molecule has 9 heteroatoms. The summed E-state index contributed by atoms with van der Waals surface area (Å²) in [6.07, 6.45) is 18.5. The van der Waals surface area contributed by atoms with E-state index in [0.29, 0.717) is 29.4 Å². The van der Waals surface area contributed by atoms with E-state index in [2.05, 4.69) is 53.5 Å². The lowest BCUT2D eigenvalue weighted by Gasteiger charge is -2.19. The molecule has 4 aromatic rings. The maximum atomic E-state index is 6.92. The van der Waals surface area contributed by atoms with Crippen molar-refractivity contribution >= 4 is 44.4 Å². The SMILES string of the molecule is C1CCOCC1.[C-]#[N+]c1cccc(Br)c1.[C-]#[N+]c1cccc(C2=CCCCO2)c1.[C-]#[N+]c1cccc(C2C=CCCO2)c1.[C-]#[N+]c1cccc(C2CC=CCO2)c1. The van der Waals surface area contributed by atoms with Crippen LogP contribution in [0.25, 0.3) is 25.1 Å². The molecule has 0 saturated carbocycles. The Morgan fingerprint density at radius 2 is 1.19 bits per heavy atom. The number of ether oxygens (including phenoxy) is 4. The van der Waals surface area contributed by atoms with Gasteiger partial charge in [0.05, 0.1) is 58.3 Å². The Morgan fingerprint density at radius 1 is 0.561 bits per heavy atom. The zero-order valence-electron chi connectivity index (χ0n) is 32.1. The Bertz CT molecular complexity index is 2100. The van der Waals surface area contributed by atoms with Crippen LogP contribution >= 0.6 is 15.9 Å². The van der Waals surface area contributed by atoms with Crippen LogP contribution in [-0.2, 0) is 18.9 Å². The van der Waals surface area contributed by atoms with Crippen LogP contribution in [0.5, 0.6) is 0 Å². The average molecular weight is 824 g/mol. The molecule has 57 heavy (non-hydrogen) atoms. The summed E-state index contributed by atoms with van der Waals surface area (Å²) >= 11 is 3.26. The quantitative estimate of drug-likeness (QED) is 0.153. The van der Waals surface area contributed by atoms with Gasteiger partial charge in [0, 0.05) is 23.2 Å². The molecule has 1 fully saturated rings. The van der Waals surface area contributed by atoms with Crippen LogP contribution in [0.1, 0.15) is 73.8 Å². The van der Waals surface area contributed by atoms with Crippen LogP contribution in [-0.4, -0.2) is 33.0 Å². The Labute approximate surface area is 346 Å². The van der Waals surface area contributed by atoms with Gasteiger partial charge in [-0.05, 0) is 74.3 Å². The summed E-state index contributed by atoms with van der Waals surface area (Å²) in [5.74, 6) is 0.918. The zero-order chi connectivity index (χ0) is 40.3. The second-order valence-electron chi connectivity index (χ2n) is 12.9. The van der Waals surface area contributed by atoms with Crippen molar-refractivity contribution in [1.82, 2.24) is 0 Å². The molecule has 0 radical (unpaired) electrons. The van der Waals surface area contributed by atoms with Crippen LogP contribution in [0, 0.1) is 26.3 Å². The minimum atomic E-state index is 0.0328. The zero-order valence-corrected chi connectivity index (χ0v) is 33.7. The van der Waals surface area contributed by atoms with Crippen molar-refractivity contribution in [3.63, 3.8) is 0 Å². The maximum Gasteiger partial charge on any atom is 0.188 e. The summed E-state index contributed by atoms with van der Waals surface area (Å²) in [5, 5.41) is 0. The fourth-order valence-electron chi connectivity index (χ4n) is 5.79. The van der Waals surface area contributed by atoms with Gasteiger partial charge in [0.25, 0.3) is 0 Å². The standard InChI is InChI=1S/3C12H11NO.C7H4BrN.C5H10O/c3*1-13-11-6-4-5-10(9-11)12-7-2-3-8-14-12;1-9-7-4-2-3-6(8)5-7;1-2-4-6-5-3-1/h4-7,9H,2-3,8H2;2,4-7,9,12H,3,8H2;2-6,9,12H,7-8H2;2-5H;1-5H2. The maximum absolute atomic E-state index is 6.92. The van der Waals surface area contributed by atoms with Gasteiger partial charge in [-0.25, -0.2) is 19.4 Å². The number of allylic oxidation sites excluding steroid dienone is 1. The number of hydrogen-bond donors (Lipinski definition) is 0. The van der Waals surface area contributed by atoms with Gasteiger partial charge < -0.3 is 18.9 Å². The molecule has 0 aliphatic carbocycles. The van der Waals surface area contributed by atoms with Gasteiger partial charge in [-0.2, -0.15) is 0 Å². The predicted molar refractivity (Wildman–Crippen MR) is 231 cm³/mol. The first-order valence-electron chi connectivity index (χ1n) is 19.0. The van der Waals surface area contributed by atoms with Crippen molar-refractivity contribution in [2.24, 2.45) is 0 Å². The lowest BCUT2D eigenvalue weighted by atomic mass is 10.0. The Balaban J connectivity index is 0.000000162. The number of benzene rings is 4. The van der Waals surface area contributed by atoms with Gasteiger partial charge in [0.15, 0.2) is 22.7 Å². The van der Waals surface area contributed by atoms with Crippen molar-refractivity contribution in [2.75, 3.05) is 33.0 Å². The molecule has 1 saturated heterocycles. The van der Waals surface area contributed by atoms with Crippen LogP contribution in [0.15, 0.2) is 132 Å². The van der Waals surface area contributed by atoms with Crippen molar-refractivity contribution < 1.29 is 18.9 Å². The predicted octanol–water partition coefficient (Wildman–Crippen LogP) is 14.1. The molecule has 290 valence electrons. The molecule has 0 N–H and O–H groups in total. The molecule has 4 aliphatic heterocycles. The second-order valence-corrected chi connectivity index (χ2v) is 13.9. The van der Waals surface area contributed by atoms with Gasteiger partial charge in [0.2, 0.25) is 0 Å². The van der Waals surface area contributed by atoms with Gasteiger partial charge in [0.1, 0.15) is 5.76 Å². The Hall–Kier alpha value is -5.78. The molecule has 4 aliphatic rings. The largest absolute Gasteiger partial charge is 0.493 e. The number of nitrogens with zero attached hydrogens (tertiary/aromatic N) is 4. The topological polar surface area (TPSA) is 54.4 Å². The molecule has 2 atom stereocenters. The molecular weight excluding hydrogens is 776 g/mol. The highest BCUT2D eigenvalue weighted by Crippen LogP contribution is 2.28. The van der Waals surface area contributed by atoms with Gasteiger partial charge in [-0.3, -0.25) is 0 Å². The van der Waals surface area contributed by atoms with Gasteiger partial charge in [-0.1, -0.05) is 125 Å². The molecule has 4 aromatic carbocycles. The lowest BCUT2D eigenvalue weighted by Crippen LogP contribution is -2.07. The molecule has 4 heterocycles. The summed E-state index contributed by atoms with van der Waals surface area (Å²) in [5.41, 5.74) is 5.86. The molecule has 2 unspecified atom stereocenters. The van der Waals surface area contributed by atoms with Crippen molar-refractivity contribution in [3.05, 3.63) is 194 Å². The molecular formula is C48H47BrN4O4. The fraction of sp³-hybridized carbons (Fsp3) is 0.292. The highest BCUT2D eigenvalue weighted by atomic mass is 79.9. The molecule has 0 spiro atoms. The number of rotatable bonds is 3. The molecule has 0 aromatic heterocycles. The molecule has 8 rings (SSSR count). The minimum Gasteiger partial charge on any atom is -0.493 e. The van der Waals surface area contributed by atoms with E-state index in [-0.39, 0.29) is 12.2 Å². The monoisotopic (exact) mass is 822 g/mol. The summed E-state index contributed by atoms with van der Waals surface area (Å²) in [4.78, 5) is 13.4. The normalized spacial score (nSPS) is 17.6. The van der Waals surface area contributed by atoms with E-state index in [1.165, 1.54) is 19.3 Å². The number of hydrogen-bond acceptors (Lipinski definition) is 4. The van der Waals surface area contributed by atoms with E-state index >= 15 is 0 Å². The minimum absolute atomic E-state index is 0.0328. The van der Waals surface area contributed by atoms with E-state index in [1.807, 2.05) is 91.0 Å². The van der Waals surface area contributed by atoms with Crippen LogP contribution in [0.3, 0.4) is 0 Å². The van der Waals surface area contributed by atoms with Gasteiger partial charge >= 0.3 is 0 Å². The van der Waals surface area contributed by atoms with E-state index in [4.69, 9.17) is 45.2 Å². The first kappa shape index (κ1) is 43.9. The summed E-state index contributed by atoms with van der Waals surface area (Å²) in [7, 11) is 0. The molecule has 8 nitrogen and oxygen atoms in total. The van der Waals surface area contributed by atoms with Crippen LogP contribution < -0.4 is 0 Å². The fourth-order valence-corrected chi connectivity index (χ4v) is 6.18. The Kier molecular flexibility index (Phi) is 20.2. The Morgan fingerprint density at radius 3 is 1.72 bits per heavy atom. The first-order chi connectivity index (χ1) is 28.0. The second kappa shape index (κ2) is 26.1. The average Bonchev–Trinajstić information content (AvgIpc) is 3.31. The smallest absolute Gasteiger partial charge is 0.188 e. The third-order valence-electron chi connectivity index (χ3n) is 8.71. The summed E-state index contributed by atoms with van der Waals surface area (Å²) in [6, 6.07) is 30.1. The first-order valence-corrected chi connectivity index (χ1v) is 19.8. The number of halogens is 1. The molecule has 0 bridgehead atoms. The van der Waals surface area contributed by atoms with Crippen LogP contribution in [0.4, 0.5) is 22.7 Å². The van der Waals surface area contributed by atoms with Crippen LogP contribution in [0.2, 0.25) is 0 Å². The van der Waals surface area contributed by atoms with E-state index in [1.54, 1.807) is 18.2 Å². The third-order valence-corrected chi connectivity index (χ3v) is 9.21. The van der Waals surface area contributed by atoms with Crippen molar-refractivity contribution in [2.45, 2.75) is 57.2 Å². The highest BCUT2D eigenvalue weighted by Gasteiger charge is 2.13. The van der Waals surface area contributed by atoms with E-state index in [9.17, 15) is 0 Å². The van der Waals surface area contributed by atoms with E-state index < -0.39 is 0 Å². The van der Waals surface area contributed by atoms with E-state index in [0.717, 1.165) is 79.0 Å². The summed E-state index contributed by atoms with van der Waals surface area (Å²) in [6.45, 7) is 31.6. The van der Waals surface area contributed by atoms with Crippen molar-refractivity contribution in [3.8, 4) is 0 Å². The summed E-state index contributed by atoms with van der Waals surface area (Å²) < 4.78 is 22.7. The van der Waals surface area contributed by atoms with Gasteiger partial charge in [-0.15, -0.1) is 0 Å². The third kappa shape index (κ3) is 16.5.